The topological polar surface area (TPSA) is 55.5 Å². The van der Waals surface area contributed by atoms with Crippen LogP contribution in [0, 0.1) is 0 Å². The lowest BCUT2D eigenvalue weighted by molar-refractivity contribution is 0.477. The molecular formula is C33H23N5O. The number of ether oxygens (including phenoxy) is 1. The van der Waals surface area contributed by atoms with E-state index in [0.717, 1.165) is 45.4 Å². The van der Waals surface area contributed by atoms with Crippen LogP contribution in [0.2, 0.25) is 0 Å². The van der Waals surface area contributed by atoms with Crippen LogP contribution in [0.1, 0.15) is 5.56 Å². The molecule has 186 valence electrons. The van der Waals surface area contributed by atoms with E-state index in [1.807, 2.05) is 103 Å². The van der Waals surface area contributed by atoms with Gasteiger partial charge in [0.2, 0.25) is 0 Å². The standard InChI is InChI=1S/C33H23N5O/c1-3-11-25(12-4-1)32-35-33(38(36-32)27-13-5-2-6-14-27)34-23-24-19-21-26(22-20-24)37-28-15-7-9-17-30(28)39-31-18-10-8-16-29(31)37/h1-23H/b34-23+. The second-order valence-corrected chi connectivity index (χ2v) is 9.07. The van der Waals surface area contributed by atoms with Gasteiger partial charge in [-0.05, 0) is 54.1 Å². The van der Waals surface area contributed by atoms with Crippen molar-refractivity contribution in [3.63, 3.8) is 0 Å². The van der Waals surface area contributed by atoms with Crippen LogP contribution in [0.3, 0.4) is 0 Å². The molecular weight excluding hydrogens is 482 g/mol. The fourth-order valence-corrected chi connectivity index (χ4v) is 4.66. The van der Waals surface area contributed by atoms with Crippen molar-refractivity contribution in [2.75, 3.05) is 4.90 Å². The molecule has 0 fully saturated rings. The maximum Gasteiger partial charge on any atom is 0.253 e. The highest BCUT2D eigenvalue weighted by Crippen LogP contribution is 2.49. The molecule has 1 aliphatic heterocycles. The number of nitrogens with zero attached hydrogens (tertiary/aromatic N) is 5. The van der Waals surface area contributed by atoms with Gasteiger partial charge in [0.05, 0.1) is 17.1 Å². The van der Waals surface area contributed by atoms with Crippen LogP contribution >= 0.6 is 0 Å². The average molecular weight is 506 g/mol. The van der Waals surface area contributed by atoms with Crippen LogP contribution < -0.4 is 9.64 Å². The van der Waals surface area contributed by atoms with Gasteiger partial charge < -0.3 is 9.64 Å². The largest absolute Gasteiger partial charge is 0.453 e. The number of aromatic nitrogens is 3. The van der Waals surface area contributed by atoms with E-state index in [2.05, 4.69) is 41.3 Å². The zero-order chi connectivity index (χ0) is 26.0. The summed E-state index contributed by atoms with van der Waals surface area (Å²) in [5, 5.41) is 4.75. The molecule has 0 saturated heterocycles. The van der Waals surface area contributed by atoms with E-state index >= 15 is 0 Å². The summed E-state index contributed by atoms with van der Waals surface area (Å²) in [5.74, 6) is 2.80. The highest BCUT2D eigenvalue weighted by Gasteiger charge is 2.25. The van der Waals surface area contributed by atoms with Gasteiger partial charge in [0.25, 0.3) is 5.95 Å². The van der Waals surface area contributed by atoms with Crippen molar-refractivity contribution < 1.29 is 4.74 Å². The second kappa shape index (κ2) is 9.76. The summed E-state index contributed by atoms with van der Waals surface area (Å²) in [5.41, 5.74) is 5.84. The highest BCUT2D eigenvalue weighted by molar-refractivity contribution is 5.88. The van der Waals surface area contributed by atoms with E-state index in [-0.39, 0.29) is 0 Å². The van der Waals surface area contributed by atoms with Gasteiger partial charge in [0.1, 0.15) is 0 Å². The van der Waals surface area contributed by atoms with Crippen LogP contribution in [-0.4, -0.2) is 21.0 Å². The summed E-state index contributed by atoms with van der Waals surface area (Å²) in [6, 6.07) is 44.3. The number of hydrogen-bond acceptors (Lipinski definition) is 5. The van der Waals surface area contributed by atoms with E-state index in [9.17, 15) is 0 Å². The number of anilines is 3. The van der Waals surface area contributed by atoms with Crippen LogP contribution in [0.15, 0.2) is 138 Å². The molecule has 6 nitrogen and oxygen atoms in total. The molecule has 0 aliphatic carbocycles. The Morgan fingerprint density at radius 2 is 1.18 bits per heavy atom. The molecule has 0 bridgehead atoms. The molecule has 0 spiro atoms. The first-order chi connectivity index (χ1) is 19.3. The molecule has 0 unspecified atom stereocenters. The zero-order valence-electron chi connectivity index (χ0n) is 20.9. The van der Waals surface area contributed by atoms with Crippen molar-refractivity contribution in [1.29, 1.82) is 0 Å². The summed E-state index contributed by atoms with van der Waals surface area (Å²) >= 11 is 0. The maximum atomic E-state index is 6.14. The lowest BCUT2D eigenvalue weighted by Crippen LogP contribution is -2.15. The quantitative estimate of drug-likeness (QED) is 0.221. The van der Waals surface area contributed by atoms with E-state index in [0.29, 0.717) is 11.8 Å². The van der Waals surface area contributed by atoms with Crippen molar-refractivity contribution in [2.45, 2.75) is 0 Å². The monoisotopic (exact) mass is 505 g/mol. The van der Waals surface area contributed by atoms with E-state index in [1.54, 1.807) is 4.68 Å². The van der Waals surface area contributed by atoms with Crippen molar-refractivity contribution in [3.05, 3.63) is 139 Å². The molecule has 0 atom stereocenters. The van der Waals surface area contributed by atoms with Crippen LogP contribution in [0.4, 0.5) is 23.0 Å². The smallest absolute Gasteiger partial charge is 0.253 e. The zero-order valence-corrected chi connectivity index (χ0v) is 20.9. The minimum Gasteiger partial charge on any atom is -0.453 e. The first-order valence-corrected chi connectivity index (χ1v) is 12.7. The van der Waals surface area contributed by atoms with Gasteiger partial charge in [0.15, 0.2) is 17.3 Å². The summed E-state index contributed by atoms with van der Waals surface area (Å²) in [7, 11) is 0. The fraction of sp³-hybridized carbons (Fsp3) is 0. The molecule has 6 aromatic rings. The molecule has 0 N–H and O–H groups in total. The van der Waals surface area contributed by atoms with E-state index in [4.69, 9.17) is 19.8 Å². The van der Waals surface area contributed by atoms with Gasteiger partial charge in [-0.3, -0.25) is 0 Å². The summed E-state index contributed by atoms with van der Waals surface area (Å²) < 4.78 is 7.92. The Morgan fingerprint density at radius 3 is 1.85 bits per heavy atom. The second-order valence-electron chi connectivity index (χ2n) is 9.07. The number of aliphatic imine (C=N–C) groups is 1. The average Bonchev–Trinajstić information content (AvgIpc) is 3.44. The van der Waals surface area contributed by atoms with Gasteiger partial charge in [-0.15, -0.1) is 5.10 Å². The minimum atomic E-state index is 0.514. The molecule has 7 rings (SSSR count). The van der Waals surface area contributed by atoms with Gasteiger partial charge in [-0.25, -0.2) is 4.99 Å². The molecule has 5 aromatic carbocycles. The summed E-state index contributed by atoms with van der Waals surface area (Å²) in [6.07, 6.45) is 1.82. The molecule has 2 heterocycles. The van der Waals surface area contributed by atoms with E-state index < -0.39 is 0 Å². The molecule has 6 heteroatoms. The van der Waals surface area contributed by atoms with Crippen molar-refractivity contribution >= 4 is 29.2 Å². The lowest BCUT2D eigenvalue weighted by atomic mass is 10.1. The van der Waals surface area contributed by atoms with Crippen LogP contribution in [0.25, 0.3) is 17.1 Å². The Bertz CT molecular complexity index is 1730. The Morgan fingerprint density at radius 1 is 0.590 bits per heavy atom. The Labute approximate surface area is 226 Å². The first-order valence-electron chi connectivity index (χ1n) is 12.7. The van der Waals surface area contributed by atoms with E-state index in [1.165, 1.54) is 0 Å². The number of rotatable bonds is 5. The third-order valence-corrected chi connectivity index (χ3v) is 6.54. The number of fused-ring (bicyclic) bond motifs is 2. The molecule has 39 heavy (non-hydrogen) atoms. The molecule has 0 saturated carbocycles. The van der Waals surface area contributed by atoms with Crippen LogP contribution in [0.5, 0.6) is 11.5 Å². The van der Waals surface area contributed by atoms with Crippen molar-refractivity contribution in [1.82, 2.24) is 14.8 Å². The molecule has 0 amide bonds. The van der Waals surface area contributed by atoms with Gasteiger partial charge in [0, 0.05) is 17.5 Å². The van der Waals surface area contributed by atoms with Crippen molar-refractivity contribution in [2.24, 2.45) is 4.99 Å². The Hall–Kier alpha value is -5.49. The third-order valence-electron chi connectivity index (χ3n) is 6.54. The number of hydrogen-bond donors (Lipinski definition) is 0. The molecule has 1 aromatic heterocycles. The Balaban J connectivity index is 1.22. The van der Waals surface area contributed by atoms with Crippen LogP contribution in [-0.2, 0) is 0 Å². The van der Waals surface area contributed by atoms with Crippen molar-refractivity contribution in [3.8, 4) is 28.6 Å². The first kappa shape index (κ1) is 22.7. The molecule has 0 radical (unpaired) electrons. The molecule has 1 aliphatic rings. The summed E-state index contributed by atoms with van der Waals surface area (Å²) in [6.45, 7) is 0. The number of benzene rings is 5. The normalized spacial score (nSPS) is 12.2. The van der Waals surface area contributed by atoms with Gasteiger partial charge >= 0.3 is 0 Å². The minimum absolute atomic E-state index is 0.514. The maximum absolute atomic E-state index is 6.14. The fourth-order valence-electron chi connectivity index (χ4n) is 4.66. The third kappa shape index (κ3) is 4.34. The predicted octanol–water partition coefficient (Wildman–Crippen LogP) is 8.26. The number of para-hydroxylation sites is 5. The lowest BCUT2D eigenvalue weighted by Gasteiger charge is -2.32. The summed E-state index contributed by atoms with van der Waals surface area (Å²) in [4.78, 5) is 11.7. The Kier molecular flexibility index (Phi) is 5.68. The predicted molar refractivity (Wildman–Crippen MR) is 155 cm³/mol. The highest BCUT2D eigenvalue weighted by atomic mass is 16.5. The van der Waals surface area contributed by atoms with Gasteiger partial charge in [-0.2, -0.15) is 9.67 Å². The van der Waals surface area contributed by atoms with Gasteiger partial charge in [-0.1, -0.05) is 84.9 Å². The SMILES string of the molecule is C(=N\c1nc(-c2ccccc2)nn1-c1ccccc1)/c1ccc(N2c3ccccc3Oc3ccccc32)cc1.